The molecule has 0 aromatic heterocycles. The Hall–Kier alpha value is -2.15. The van der Waals surface area contributed by atoms with Gasteiger partial charge in [-0.15, -0.1) is 0 Å². The van der Waals surface area contributed by atoms with Gasteiger partial charge in [-0.3, -0.25) is 9.59 Å². The molecule has 7 heteroatoms. The molecule has 1 aromatic carbocycles. The molecular weight excluding hydrogens is 280 g/mol. The van der Waals surface area contributed by atoms with Gasteiger partial charge in [-0.1, -0.05) is 24.4 Å². The monoisotopic (exact) mass is 296 g/mol. The zero-order valence-corrected chi connectivity index (χ0v) is 11.9. The van der Waals surface area contributed by atoms with Crippen LogP contribution in [0.15, 0.2) is 24.3 Å². The van der Waals surface area contributed by atoms with Gasteiger partial charge >= 0.3 is 5.97 Å². The van der Waals surface area contributed by atoms with E-state index in [1.165, 1.54) is 7.11 Å². The highest BCUT2D eigenvalue weighted by molar-refractivity contribution is 7.80. The number of thiocarbonyl (C=S) groups is 1. The van der Waals surface area contributed by atoms with Crippen molar-refractivity contribution in [2.24, 2.45) is 5.73 Å². The van der Waals surface area contributed by atoms with E-state index in [2.05, 4.69) is 10.1 Å². The number of para-hydroxylation sites is 1. The van der Waals surface area contributed by atoms with Crippen LogP contribution in [0.25, 0.3) is 0 Å². The SMILES string of the molecule is COC(=O)CCNC(=O)COc1ccccc1C(N)=S. The molecule has 0 heterocycles. The van der Waals surface area contributed by atoms with Gasteiger partial charge in [-0.05, 0) is 12.1 Å². The molecule has 0 bridgehead atoms. The summed E-state index contributed by atoms with van der Waals surface area (Å²) in [7, 11) is 1.29. The Bertz CT molecular complexity index is 505. The molecule has 0 aliphatic heterocycles. The van der Waals surface area contributed by atoms with Crippen LogP contribution in [0.2, 0.25) is 0 Å². The first-order chi connectivity index (χ1) is 9.54. The summed E-state index contributed by atoms with van der Waals surface area (Å²) in [5.74, 6) is -0.278. The van der Waals surface area contributed by atoms with Crippen molar-refractivity contribution in [2.75, 3.05) is 20.3 Å². The molecule has 0 saturated carbocycles. The first-order valence-electron chi connectivity index (χ1n) is 5.89. The first-order valence-corrected chi connectivity index (χ1v) is 6.30. The second-order valence-electron chi connectivity index (χ2n) is 3.83. The van der Waals surface area contributed by atoms with E-state index in [-0.39, 0.29) is 36.4 Å². The fourth-order valence-corrected chi connectivity index (χ4v) is 1.57. The van der Waals surface area contributed by atoms with Crippen LogP contribution in [-0.4, -0.2) is 37.1 Å². The average molecular weight is 296 g/mol. The first kappa shape index (κ1) is 15.9. The number of hydrogen-bond acceptors (Lipinski definition) is 5. The number of nitrogens with one attached hydrogen (secondary N) is 1. The number of carbonyl (C=O) groups excluding carboxylic acids is 2. The summed E-state index contributed by atoms with van der Waals surface area (Å²) in [5.41, 5.74) is 6.12. The molecule has 0 aliphatic carbocycles. The molecule has 0 saturated heterocycles. The standard InChI is InChI=1S/C13H16N2O4S/c1-18-12(17)6-7-15-11(16)8-19-10-5-3-2-4-9(10)13(14)20/h2-5H,6-8H2,1H3,(H2,14,20)(H,15,16). The van der Waals surface area contributed by atoms with Crippen molar-refractivity contribution in [3.05, 3.63) is 29.8 Å². The minimum Gasteiger partial charge on any atom is -0.483 e. The summed E-state index contributed by atoms with van der Waals surface area (Å²) in [5, 5.41) is 2.54. The van der Waals surface area contributed by atoms with Crippen LogP contribution in [0.4, 0.5) is 0 Å². The molecule has 0 atom stereocenters. The van der Waals surface area contributed by atoms with Crippen molar-refractivity contribution in [3.8, 4) is 5.75 Å². The van der Waals surface area contributed by atoms with Crippen LogP contribution in [0.1, 0.15) is 12.0 Å². The number of esters is 1. The number of methoxy groups -OCH3 is 1. The quantitative estimate of drug-likeness (QED) is 0.558. The lowest BCUT2D eigenvalue weighted by atomic mass is 10.2. The smallest absolute Gasteiger partial charge is 0.307 e. The van der Waals surface area contributed by atoms with E-state index < -0.39 is 0 Å². The van der Waals surface area contributed by atoms with Crippen LogP contribution in [-0.2, 0) is 14.3 Å². The molecule has 1 aromatic rings. The minimum atomic E-state index is -0.384. The Labute approximate surface area is 122 Å². The van der Waals surface area contributed by atoms with Gasteiger partial charge in [0.2, 0.25) is 0 Å². The predicted octanol–water partition coefficient (Wildman–Crippen LogP) is 0.379. The van der Waals surface area contributed by atoms with E-state index >= 15 is 0 Å². The minimum absolute atomic E-state index is 0.117. The molecule has 3 N–H and O–H groups in total. The molecule has 0 fully saturated rings. The zero-order chi connectivity index (χ0) is 15.0. The maximum atomic E-state index is 11.5. The third kappa shape index (κ3) is 5.23. The summed E-state index contributed by atoms with van der Waals surface area (Å²) < 4.78 is 9.80. The normalized spacial score (nSPS) is 9.65. The lowest BCUT2D eigenvalue weighted by molar-refractivity contribution is -0.140. The Morgan fingerprint density at radius 2 is 2.05 bits per heavy atom. The molecule has 6 nitrogen and oxygen atoms in total. The van der Waals surface area contributed by atoms with Gasteiger partial charge in [0, 0.05) is 6.54 Å². The van der Waals surface area contributed by atoms with Crippen molar-refractivity contribution in [1.29, 1.82) is 0 Å². The highest BCUT2D eigenvalue weighted by atomic mass is 32.1. The highest BCUT2D eigenvalue weighted by Gasteiger charge is 2.08. The summed E-state index contributed by atoms with van der Waals surface area (Å²) in [6.45, 7) is 0.0205. The molecule has 20 heavy (non-hydrogen) atoms. The van der Waals surface area contributed by atoms with Gasteiger partial charge in [0.1, 0.15) is 10.7 Å². The predicted molar refractivity (Wildman–Crippen MR) is 77.5 cm³/mol. The number of benzene rings is 1. The maximum absolute atomic E-state index is 11.5. The van der Waals surface area contributed by atoms with E-state index in [0.717, 1.165) is 0 Å². The fourth-order valence-electron chi connectivity index (χ4n) is 1.40. The van der Waals surface area contributed by atoms with E-state index in [0.29, 0.717) is 11.3 Å². The maximum Gasteiger partial charge on any atom is 0.307 e. The van der Waals surface area contributed by atoms with E-state index in [9.17, 15) is 9.59 Å². The van der Waals surface area contributed by atoms with Gasteiger partial charge < -0.3 is 20.5 Å². The van der Waals surface area contributed by atoms with Crippen molar-refractivity contribution < 1.29 is 19.1 Å². The number of carbonyl (C=O) groups is 2. The molecule has 1 amide bonds. The molecule has 0 unspecified atom stereocenters. The van der Waals surface area contributed by atoms with E-state index in [1.807, 2.05) is 0 Å². The van der Waals surface area contributed by atoms with E-state index in [4.69, 9.17) is 22.7 Å². The summed E-state index contributed by atoms with van der Waals surface area (Å²) in [6.07, 6.45) is 0.117. The van der Waals surface area contributed by atoms with Gasteiger partial charge in [-0.2, -0.15) is 0 Å². The van der Waals surface area contributed by atoms with E-state index in [1.54, 1.807) is 24.3 Å². The molecule has 1 rings (SSSR count). The van der Waals surface area contributed by atoms with Crippen LogP contribution >= 0.6 is 12.2 Å². The van der Waals surface area contributed by atoms with Crippen LogP contribution < -0.4 is 15.8 Å². The third-order valence-electron chi connectivity index (χ3n) is 2.39. The van der Waals surface area contributed by atoms with Gasteiger partial charge in [0.05, 0.1) is 19.1 Å². The molecule has 108 valence electrons. The van der Waals surface area contributed by atoms with Crippen LogP contribution in [0.5, 0.6) is 5.75 Å². The largest absolute Gasteiger partial charge is 0.483 e. The van der Waals surface area contributed by atoms with Crippen molar-refractivity contribution in [3.63, 3.8) is 0 Å². The van der Waals surface area contributed by atoms with Crippen molar-refractivity contribution in [2.45, 2.75) is 6.42 Å². The second kappa shape index (κ2) is 8.11. The lowest BCUT2D eigenvalue weighted by Gasteiger charge is -2.10. The number of rotatable bonds is 7. The lowest BCUT2D eigenvalue weighted by Crippen LogP contribution is -2.31. The molecule has 0 spiro atoms. The number of nitrogens with two attached hydrogens (primary N) is 1. The Morgan fingerprint density at radius 1 is 1.35 bits per heavy atom. The third-order valence-corrected chi connectivity index (χ3v) is 2.61. The molecule has 0 aliphatic rings. The Morgan fingerprint density at radius 3 is 2.70 bits per heavy atom. The second-order valence-corrected chi connectivity index (χ2v) is 4.26. The fraction of sp³-hybridized carbons (Fsp3) is 0.308. The van der Waals surface area contributed by atoms with Gasteiger partial charge in [-0.25, -0.2) is 0 Å². The summed E-state index contributed by atoms with van der Waals surface area (Å²) in [4.78, 5) is 22.6. The zero-order valence-electron chi connectivity index (χ0n) is 11.0. The number of hydrogen-bond donors (Lipinski definition) is 2. The highest BCUT2D eigenvalue weighted by Crippen LogP contribution is 2.17. The van der Waals surface area contributed by atoms with Crippen LogP contribution in [0.3, 0.4) is 0 Å². The van der Waals surface area contributed by atoms with Gasteiger partial charge in [0.25, 0.3) is 5.91 Å². The molecule has 0 radical (unpaired) electrons. The molecular formula is C13H16N2O4S. The van der Waals surface area contributed by atoms with Crippen LogP contribution in [0, 0.1) is 0 Å². The average Bonchev–Trinajstić information content (AvgIpc) is 2.45. The number of amides is 1. The Kier molecular flexibility index (Phi) is 6.45. The Balaban J connectivity index is 2.41. The summed E-state index contributed by atoms with van der Waals surface area (Å²) in [6, 6.07) is 6.92. The topological polar surface area (TPSA) is 90.6 Å². The van der Waals surface area contributed by atoms with Crippen molar-refractivity contribution in [1.82, 2.24) is 5.32 Å². The van der Waals surface area contributed by atoms with Gasteiger partial charge in [0.15, 0.2) is 6.61 Å². The van der Waals surface area contributed by atoms with Crippen molar-refractivity contribution >= 4 is 29.1 Å². The summed E-state index contributed by atoms with van der Waals surface area (Å²) >= 11 is 4.89. The number of ether oxygens (including phenoxy) is 2.